The molecular weight excluding hydrogens is 275 g/mol. The summed E-state index contributed by atoms with van der Waals surface area (Å²) in [5, 5.41) is 8.94. The zero-order valence-corrected chi connectivity index (χ0v) is 10.2. The summed E-state index contributed by atoms with van der Waals surface area (Å²) >= 11 is 5.53. The molecule has 1 heterocycles. The molecule has 5 nitrogen and oxygen atoms in total. The van der Waals surface area contributed by atoms with Crippen molar-refractivity contribution in [3.63, 3.8) is 0 Å². The van der Waals surface area contributed by atoms with E-state index >= 15 is 0 Å². The number of benzene rings is 1. The van der Waals surface area contributed by atoms with E-state index in [0.29, 0.717) is 0 Å². The van der Waals surface area contributed by atoms with Crippen molar-refractivity contribution in [2.75, 3.05) is 5.73 Å². The van der Waals surface area contributed by atoms with Crippen LogP contribution in [-0.4, -0.2) is 16.1 Å². The van der Waals surface area contributed by atoms with Crippen LogP contribution in [0.2, 0.25) is 5.02 Å². The van der Waals surface area contributed by atoms with E-state index in [0.717, 1.165) is 6.07 Å². The van der Waals surface area contributed by atoms with E-state index in [9.17, 15) is 9.18 Å². The van der Waals surface area contributed by atoms with Crippen LogP contribution in [0.3, 0.4) is 0 Å². The van der Waals surface area contributed by atoms with Gasteiger partial charge in [-0.05, 0) is 18.2 Å². The van der Waals surface area contributed by atoms with E-state index in [1.54, 1.807) is 0 Å². The Hall–Kier alpha value is -2.34. The largest absolute Gasteiger partial charge is 0.477 e. The van der Waals surface area contributed by atoms with Crippen LogP contribution < -0.4 is 10.5 Å². The molecule has 7 heteroatoms. The summed E-state index contributed by atoms with van der Waals surface area (Å²) in [6.45, 7) is 0. The van der Waals surface area contributed by atoms with Crippen molar-refractivity contribution in [2.45, 2.75) is 0 Å². The first-order chi connectivity index (χ1) is 8.97. The van der Waals surface area contributed by atoms with Crippen LogP contribution in [0.25, 0.3) is 0 Å². The van der Waals surface area contributed by atoms with Gasteiger partial charge >= 0.3 is 5.97 Å². The number of halogens is 2. The Kier molecular flexibility index (Phi) is 3.52. The maximum absolute atomic E-state index is 13.2. The zero-order valence-electron chi connectivity index (χ0n) is 9.43. The van der Waals surface area contributed by atoms with Gasteiger partial charge in [-0.15, -0.1) is 0 Å². The number of ether oxygens (including phenoxy) is 1. The second kappa shape index (κ2) is 5.11. The molecule has 1 aromatic carbocycles. The van der Waals surface area contributed by atoms with Gasteiger partial charge in [-0.1, -0.05) is 11.6 Å². The number of nitrogens with two attached hydrogens (primary N) is 1. The van der Waals surface area contributed by atoms with Gasteiger partial charge in [-0.25, -0.2) is 14.2 Å². The average Bonchev–Trinajstić information content (AvgIpc) is 2.36. The molecule has 2 rings (SSSR count). The monoisotopic (exact) mass is 282 g/mol. The summed E-state index contributed by atoms with van der Waals surface area (Å²) in [6, 6.07) is 4.93. The molecule has 3 N–H and O–H groups in total. The number of anilines is 1. The Balaban J connectivity index is 2.37. The number of nitrogens with zero attached hydrogens (tertiary/aromatic N) is 1. The first-order valence-electron chi connectivity index (χ1n) is 5.09. The molecule has 0 amide bonds. The predicted octanol–water partition coefficient (Wildman–Crippen LogP) is 2.95. The van der Waals surface area contributed by atoms with Gasteiger partial charge in [0.15, 0.2) is 0 Å². The molecule has 0 bridgehead atoms. The van der Waals surface area contributed by atoms with E-state index in [2.05, 4.69) is 4.98 Å². The van der Waals surface area contributed by atoms with Gasteiger partial charge in [-0.3, -0.25) is 0 Å². The molecule has 2 aromatic rings. The summed E-state index contributed by atoms with van der Waals surface area (Å²) in [5.74, 6) is -2.01. The number of hydrogen-bond acceptors (Lipinski definition) is 4. The number of aromatic carboxylic acids is 1. The highest BCUT2D eigenvalue weighted by molar-refractivity contribution is 6.30. The van der Waals surface area contributed by atoms with E-state index in [1.807, 2.05) is 0 Å². The third kappa shape index (κ3) is 2.92. The molecule has 98 valence electrons. The first kappa shape index (κ1) is 13.1. The lowest BCUT2D eigenvalue weighted by molar-refractivity contribution is 0.0693. The van der Waals surface area contributed by atoms with Crippen LogP contribution >= 0.6 is 11.6 Å². The minimum Gasteiger partial charge on any atom is -0.477 e. The highest BCUT2D eigenvalue weighted by atomic mass is 35.5. The van der Waals surface area contributed by atoms with Crippen LogP contribution in [0.15, 0.2) is 30.5 Å². The van der Waals surface area contributed by atoms with Gasteiger partial charge in [0.05, 0.1) is 16.9 Å². The van der Waals surface area contributed by atoms with Crippen molar-refractivity contribution >= 4 is 23.3 Å². The van der Waals surface area contributed by atoms with Gasteiger partial charge in [0.1, 0.15) is 17.1 Å². The Morgan fingerprint density at radius 1 is 1.42 bits per heavy atom. The maximum Gasteiger partial charge on any atom is 0.341 e. The molecule has 19 heavy (non-hydrogen) atoms. The van der Waals surface area contributed by atoms with Crippen molar-refractivity contribution in [3.8, 4) is 11.6 Å². The normalized spacial score (nSPS) is 10.2. The van der Waals surface area contributed by atoms with E-state index < -0.39 is 11.8 Å². The standard InChI is InChI=1S/C12H8ClFN2O3/c13-9-2-1-7(4-10(9)14)19-11-8(12(17)18)3-6(15)5-16-11/h1-5H,15H2,(H,17,18). The number of carboxylic acid groups (broad SMARTS) is 1. The van der Waals surface area contributed by atoms with Crippen LogP contribution in [0, 0.1) is 5.82 Å². The second-order valence-electron chi connectivity index (χ2n) is 3.60. The smallest absolute Gasteiger partial charge is 0.341 e. The summed E-state index contributed by atoms with van der Waals surface area (Å²) in [5.41, 5.74) is 5.42. The molecule has 0 saturated carbocycles. The number of carboxylic acids is 1. The molecule has 1 aromatic heterocycles. The van der Waals surface area contributed by atoms with E-state index in [1.165, 1.54) is 24.4 Å². The quantitative estimate of drug-likeness (QED) is 0.904. The fourth-order valence-corrected chi connectivity index (χ4v) is 1.47. The number of aromatic nitrogens is 1. The number of rotatable bonds is 3. The molecule has 0 spiro atoms. The fraction of sp³-hybridized carbons (Fsp3) is 0. The molecule has 0 aliphatic rings. The zero-order chi connectivity index (χ0) is 14.0. The van der Waals surface area contributed by atoms with Gasteiger partial charge in [-0.2, -0.15) is 0 Å². The molecular formula is C12H8ClFN2O3. The van der Waals surface area contributed by atoms with Crippen molar-refractivity contribution in [3.05, 3.63) is 46.9 Å². The van der Waals surface area contributed by atoms with E-state index in [-0.39, 0.29) is 27.9 Å². The van der Waals surface area contributed by atoms with Crippen molar-refractivity contribution in [1.29, 1.82) is 0 Å². The number of nitrogen functional groups attached to an aromatic ring is 1. The Morgan fingerprint density at radius 2 is 2.16 bits per heavy atom. The molecule has 0 aliphatic heterocycles. The number of carbonyl (C=O) groups is 1. The Bertz CT molecular complexity index is 649. The summed E-state index contributed by atoms with van der Waals surface area (Å²) in [6.07, 6.45) is 1.24. The Morgan fingerprint density at radius 3 is 2.79 bits per heavy atom. The minimum atomic E-state index is -1.25. The third-order valence-corrected chi connectivity index (χ3v) is 2.51. The molecule has 0 atom stereocenters. The third-order valence-electron chi connectivity index (χ3n) is 2.21. The maximum atomic E-state index is 13.2. The molecule has 0 fully saturated rings. The van der Waals surface area contributed by atoms with Crippen LogP contribution in [0.4, 0.5) is 10.1 Å². The molecule has 0 aliphatic carbocycles. The number of hydrogen-bond donors (Lipinski definition) is 2. The molecule has 0 unspecified atom stereocenters. The predicted molar refractivity (Wildman–Crippen MR) is 67.1 cm³/mol. The van der Waals surface area contributed by atoms with Crippen molar-refractivity contribution < 1.29 is 19.0 Å². The molecule has 0 saturated heterocycles. The highest BCUT2D eigenvalue weighted by Gasteiger charge is 2.14. The van der Waals surface area contributed by atoms with Crippen LogP contribution in [-0.2, 0) is 0 Å². The van der Waals surface area contributed by atoms with Crippen molar-refractivity contribution in [2.24, 2.45) is 0 Å². The van der Waals surface area contributed by atoms with Gasteiger partial charge < -0.3 is 15.6 Å². The first-order valence-corrected chi connectivity index (χ1v) is 5.47. The average molecular weight is 283 g/mol. The lowest BCUT2D eigenvalue weighted by atomic mass is 10.2. The lowest BCUT2D eigenvalue weighted by Crippen LogP contribution is -2.03. The van der Waals surface area contributed by atoms with Gasteiger partial charge in [0.25, 0.3) is 0 Å². The highest BCUT2D eigenvalue weighted by Crippen LogP contribution is 2.27. The van der Waals surface area contributed by atoms with Gasteiger partial charge in [0, 0.05) is 6.07 Å². The SMILES string of the molecule is Nc1cnc(Oc2ccc(Cl)c(F)c2)c(C(=O)O)c1. The number of pyridine rings is 1. The van der Waals surface area contributed by atoms with E-state index in [4.69, 9.17) is 27.2 Å². The summed E-state index contributed by atoms with van der Waals surface area (Å²) < 4.78 is 18.5. The van der Waals surface area contributed by atoms with Crippen LogP contribution in [0.1, 0.15) is 10.4 Å². The minimum absolute atomic E-state index is 0.0592. The Labute approximate surface area is 112 Å². The fourth-order valence-electron chi connectivity index (χ4n) is 1.35. The van der Waals surface area contributed by atoms with Gasteiger partial charge in [0.2, 0.25) is 5.88 Å². The van der Waals surface area contributed by atoms with Crippen LogP contribution in [0.5, 0.6) is 11.6 Å². The summed E-state index contributed by atoms with van der Waals surface area (Å²) in [7, 11) is 0. The lowest BCUT2D eigenvalue weighted by Gasteiger charge is -2.08. The molecule has 0 radical (unpaired) electrons. The summed E-state index contributed by atoms with van der Waals surface area (Å²) in [4.78, 5) is 14.8. The van der Waals surface area contributed by atoms with Crippen molar-refractivity contribution in [1.82, 2.24) is 4.98 Å². The second-order valence-corrected chi connectivity index (χ2v) is 4.01. The topological polar surface area (TPSA) is 85.4 Å².